The van der Waals surface area contributed by atoms with Crippen LogP contribution >= 0.6 is 0 Å². The lowest BCUT2D eigenvalue weighted by Crippen LogP contribution is -2.25. The van der Waals surface area contributed by atoms with E-state index in [1.807, 2.05) is 13.8 Å². The van der Waals surface area contributed by atoms with Crippen molar-refractivity contribution in [3.8, 4) is 5.75 Å². The van der Waals surface area contributed by atoms with Crippen molar-refractivity contribution in [2.24, 2.45) is 0 Å². The third-order valence-corrected chi connectivity index (χ3v) is 5.56. The fraction of sp³-hybridized carbons (Fsp3) is 0.385. The molecule has 0 bridgehead atoms. The summed E-state index contributed by atoms with van der Waals surface area (Å²) in [6.45, 7) is 7.01. The first-order valence-corrected chi connectivity index (χ1v) is 11.3. The number of hydrogen-bond acceptors (Lipinski definition) is 4. The summed E-state index contributed by atoms with van der Waals surface area (Å²) < 4.78 is 24.7. The maximum Gasteiger partial charge on any atom is 0.305 e. The Labute approximate surface area is 193 Å². The molecule has 0 saturated carbocycles. The lowest BCUT2D eigenvalue weighted by Gasteiger charge is -2.09. The Bertz CT molecular complexity index is 1110. The molecule has 7 heteroatoms. The van der Waals surface area contributed by atoms with Gasteiger partial charge in [-0.05, 0) is 81.5 Å². The highest BCUT2D eigenvalue weighted by atomic mass is 19.1. The van der Waals surface area contributed by atoms with Crippen LogP contribution in [0.2, 0.25) is 0 Å². The van der Waals surface area contributed by atoms with Gasteiger partial charge >= 0.3 is 5.97 Å². The molecule has 0 saturated heterocycles. The van der Waals surface area contributed by atoms with E-state index in [1.165, 1.54) is 6.07 Å². The van der Waals surface area contributed by atoms with Crippen LogP contribution in [0.3, 0.4) is 0 Å². The molecule has 3 aromatic rings. The van der Waals surface area contributed by atoms with Gasteiger partial charge in [-0.15, -0.1) is 0 Å². The minimum Gasteiger partial charge on any atom is -0.494 e. The molecular weight excluding hydrogens is 423 g/mol. The van der Waals surface area contributed by atoms with Crippen LogP contribution in [0.15, 0.2) is 36.4 Å². The van der Waals surface area contributed by atoms with Gasteiger partial charge < -0.3 is 19.8 Å². The maximum absolute atomic E-state index is 14.1. The van der Waals surface area contributed by atoms with Gasteiger partial charge in [0.1, 0.15) is 11.6 Å². The predicted molar refractivity (Wildman–Crippen MR) is 126 cm³/mol. The van der Waals surface area contributed by atoms with Crippen molar-refractivity contribution in [1.29, 1.82) is 0 Å². The lowest BCUT2D eigenvalue weighted by molar-refractivity contribution is -0.143. The van der Waals surface area contributed by atoms with E-state index >= 15 is 0 Å². The van der Waals surface area contributed by atoms with Crippen LogP contribution in [0.4, 0.5) is 4.39 Å². The Morgan fingerprint density at radius 2 is 1.82 bits per heavy atom. The number of fused-ring (bicyclic) bond motifs is 1. The number of rotatable bonds is 11. The van der Waals surface area contributed by atoms with Crippen LogP contribution in [0.1, 0.15) is 53.4 Å². The number of amides is 1. The van der Waals surface area contributed by atoms with Crippen LogP contribution in [-0.4, -0.2) is 36.6 Å². The van der Waals surface area contributed by atoms with E-state index in [1.54, 1.807) is 37.3 Å². The van der Waals surface area contributed by atoms with E-state index < -0.39 is 0 Å². The highest BCUT2D eigenvalue weighted by Crippen LogP contribution is 2.27. The summed E-state index contributed by atoms with van der Waals surface area (Å²) in [7, 11) is 0. The zero-order valence-electron chi connectivity index (χ0n) is 19.4. The smallest absolute Gasteiger partial charge is 0.305 e. The zero-order chi connectivity index (χ0) is 23.8. The maximum atomic E-state index is 14.1. The lowest BCUT2D eigenvalue weighted by atomic mass is 10.0. The molecule has 1 heterocycles. The third-order valence-electron chi connectivity index (χ3n) is 5.56. The average Bonchev–Trinajstić information content (AvgIpc) is 3.14. The molecule has 3 rings (SSSR count). The Morgan fingerprint density at radius 1 is 1.06 bits per heavy atom. The van der Waals surface area contributed by atoms with Gasteiger partial charge in [0, 0.05) is 29.6 Å². The summed E-state index contributed by atoms with van der Waals surface area (Å²) in [6, 6.07) is 10.2. The number of halogens is 1. The van der Waals surface area contributed by atoms with E-state index in [-0.39, 0.29) is 17.7 Å². The second-order valence-electron chi connectivity index (χ2n) is 7.98. The predicted octanol–water partition coefficient (Wildman–Crippen LogP) is 5.01. The van der Waals surface area contributed by atoms with Crippen molar-refractivity contribution in [2.75, 3.05) is 19.8 Å². The van der Waals surface area contributed by atoms with Crippen LogP contribution < -0.4 is 10.1 Å². The van der Waals surface area contributed by atoms with Gasteiger partial charge in [0.15, 0.2) is 0 Å². The molecule has 2 aromatic carbocycles. The molecule has 6 nitrogen and oxygen atoms in total. The van der Waals surface area contributed by atoms with Gasteiger partial charge in [-0.3, -0.25) is 9.59 Å². The van der Waals surface area contributed by atoms with Gasteiger partial charge in [-0.1, -0.05) is 6.07 Å². The molecule has 176 valence electrons. The molecule has 0 atom stereocenters. The molecular formula is C26H31FN2O4. The van der Waals surface area contributed by atoms with Gasteiger partial charge in [-0.2, -0.15) is 0 Å². The van der Waals surface area contributed by atoms with Gasteiger partial charge in [0.2, 0.25) is 0 Å². The number of carbonyl (C=O) groups excluding carboxylic acids is 2. The van der Waals surface area contributed by atoms with Crippen molar-refractivity contribution in [3.63, 3.8) is 0 Å². The Kier molecular flexibility index (Phi) is 8.46. The van der Waals surface area contributed by atoms with E-state index in [0.29, 0.717) is 55.9 Å². The molecule has 0 spiro atoms. The molecule has 2 N–H and O–H groups in total. The number of ether oxygens (including phenoxy) is 2. The molecule has 0 fully saturated rings. The van der Waals surface area contributed by atoms with Crippen molar-refractivity contribution < 1.29 is 23.5 Å². The molecule has 33 heavy (non-hydrogen) atoms. The number of carbonyl (C=O) groups is 2. The number of aromatic nitrogens is 1. The number of aryl methyl sites for hydroxylation is 2. The van der Waals surface area contributed by atoms with E-state index in [9.17, 15) is 14.0 Å². The molecule has 0 radical (unpaired) electrons. The van der Waals surface area contributed by atoms with Gasteiger partial charge in [0.25, 0.3) is 5.91 Å². The van der Waals surface area contributed by atoms with Crippen molar-refractivity contribution in [1.82, 2.24) is 10.3 Å². The highest BCUT2D eigenvalue weighted by molar-refractivity contribution is 5.94. The highest BCUT2D eigenvalue weighted by Gasteiger charge is 2.14. The molecule has 0 aliphatic heterocycles. The number of unbranched alkanes of at least 4 members (excludes halogenated alkanes) is 1. The summed E-state index contributed by atoms with van der Waals surface area (Å²) in [5.74, 6) is 0.0521. The van der Waals surface area contributed by atoms with E-state index in [0.717, 1.165) is 28.6 Å². The number of aromatic amines is 1. The van der Waals surface area contributed by atoms with E-state index in [2.05, 4.69) is 10.3 Å². The van der Waals surface area contributed by atoms with Crippen LogP contribution in [0.5, 0.6) is 5.75 Å². The molecule has 0 unspecified atom stereocenters. The van der Waals surface area contributed by atoms with Crippen LogP contribution in [-0.2, 0) is 16.0 Å². The molecule has 0 aliphatic rings. The minimum atomic E-state index is -0.268. The summed E-state index contributed by atoms with van der Waals surface area (Å²) in [4.78, 5) is 26.9. The number of hydrogen-bond donors (Lipinski definition) is 2. The minimum absolute atomic E-state index is 0.170. The Hall–Kier alpha value is -3.35. The van der Waals surface area contributed by atoms with Crippen molar-refractivity contribution in [2.45, 2.75) is 46.5 Å². The molecule has 1 aromatic heterocycles. The second kappa shape index (κ2) is 11.5. The fourth-order valence-corrected chi connectivity index (χ4v) is 3.86. The first kappa shape index (κ1) is 24.3. The normalized spacial score (nSPS) is 10.9. The number of nitrogens with one attached hydrogen (secondary N) is 2. The molecule has 0 aliphatic carbocycles. The summed E-state index contributed by atoms with van der Waals surface area (Å²) in [5, 5.41) is 3.83. The zero-order valence-corrected chi connectivity index (χ0v) is 19.4. The van der Waals surface area contributed by atoms with Crippen LogP contribution in [0.25, 0.3) is 10.9 Å². The Morgan fingerprint density at radius 3 is 2.55 bits per heavy atom. The van der Waals surface area contributed by atoms with Gasteiger partial charge in [0.05, 0.1) is 18.7 Å². The van der Waals surface area contributed by atoms with Crippen molar-refractivity contribution >= 4 is 22.8 Å². The number of H-pyrrole nitrogens is 1. The second-order valence-corrected chi connectivity index (χ2v) is 7.98. The Balaban J connectivity index is 1.46. The van der Waals surface area contributed by atoms with E-state index in [4.69, 9.17) is 9.47 Å². The molecule has 1 amide bonds. The average molecular weight is 455 g/mol. The number of esters is 1. The summed E-state index contributed by atoms with van der Waals surface area (Å²) in [6.07, 6.45) is 2.46. The monoisotopic (exact) mass is 454 g/mol. The largest absolute Gasteiger partial charge is 0.494 e. The van der Waals surface area contributed by atoms with Gasteiger partial charge in [-0.25, -0.2) is 4.39 Å². The first-order chi connectivity index (χ1) is 15.9. The first-order valence-electron chi connectivity index (χ1n) is 11.3. The summed E-state index contributed by atoms with van der Waals surface area (Å²) >= 11 is 0. The standard InChI is InChI=1S/C26H31FN2O4/c1-4-32-23(30)7-5-6-16-33-20-11-9-19(10-12-20)26(31)28-15-14-21-18(3)29-25-22(27)13-8-17(2)24(21)25/h8-13,29H,4-7,14-16H2,1-3H3,(H,28,31). The fourth-order valence-electron chi connectivity index (χ4n) is 3.86. The topological polar surface area (TPSA) is 80.4 Å². The van der Waals surface area contributed by atoms with Crippen LogP contribution in [0, 0.1) is 19.7 Å². The summed E-state index contributed by atoms with van der Waals surface area (Å²) in [5.41, 5.74) is 4.01. The number of benzene rings is 2. The van der Waals surface area contributed by atoms with Crippen molar-refractivity contribution in [3.05, 3.63) is 64.6 Å². The third kappa shape index (κ3) is 6.34. The SMILES string of the molecule is CCOC(=O)CCCCOc1ccc(C(=O)NCCc2c(C)[nH]c3c(F)ccc(C)c23)cc1. The quantitative estimate of drug-likeness (QED) is 0.315.